The first-order chi connectivity index (χ1) is 12.1. The van der Waals surface area contributed by atoms with Crippen molar-refractivity contribution in [3.63, 3.8) is 0 Å². The molecule has 130 valence electrons. The van der Waals surface area contributed by atoms with Gasteiger partial charge in [0.15, 0.2) is 0 Å². The van der Waals surface area contributed by atoms with Gasteiger partial charge in [-0.3, -0.25) is 9.78 Å². The summed E-state index contributed by atoms with van der Waals surface area (Å²) in [5.74, 6) is 1.80. The van der Waals surface area contributed by atoms with Gasteiger partial charge in [0.1, 0.15) is 5.82 Å². The van der Waals surface area contributed by atoms with Crippen molar-refractivity contribution < 1.29 is 4.79 Å². The molecule has 2 heterocycles. The van der Waals surface area contributed by atoms with E-state index in [1.54, 1.807) is 18.6 Å². The molecule has 1 saturated heterocycles. The first-order valence-electron chi connectivity index (χ1n) is 9.00. The van der Waals surface area contributed by atoms with Crippen molar-refractivity contribution >= 4 is 11.7 Å². The molecule has 2 aliphatic rings. The van der Waals surface area contributed by atoms with Gasteiger partial charge in [0, 0.05) is 44.5 Å². The highest BCUT2D eigenvalue weighted by atomic mass is 16.2. The largest absolute Gasteiger partial charge is 0.352 e. The number of benzene rings is 1. The highest BCUT2D eigenvalue weighted by molar-refractivity contribution is 5.83. The Morgan fingerprint density at radius 3 is 2.56 bits per heavy atom. The molecule has 5 nitrogen and oxygen atoms in total. The Bertz CT molecular complexity index is 769. The summed E-state index contributed by atoms with van der Waals surface area (Å²) < 4.78 is 0. The van der Waals surface area contributed by atoms with Crippen LogP contribution in [0.15, 0.2) is 36.8 Å². The summed E-state index contributed by atoms with van der Waals surface area (Å²) >= 11 is 0. The third kappa shape index (κ3) is 3.23. The SMILES string of the molecule is Cc1ccc([C@H]2C[C@H]2C(=O)N2CCN(c3cnccn3)CC2)cc1C. The highest BCUT2D eigenvalue weighted by Gasteiger charge is 2.46. The molecule has 0 N–H and O–H groups in total. The summed E-state index contributed by atoms with van der Waals surface area (Å²) in [5.41, 5.74) is 3.94. The van der Waals surface area contributed by atoms with E-state index >= 15 is 0 Å². The number of carbonyl (C=O) groups is 1. The van der Waals surface area contributed by atoms with Gasteiger partial charge in [-0.15, -0.1) is 0 Å². The van der Waals surface area contributed by atoms with Crippen LogP contribution in [0.5, 0.6) is 0 Å². The lowest BCUT2D eigenvalue weighted by atomic mass is 10.0. The molecule has 1 saturated carbocycles. The van der Waals surface area contributed by atoms with Gasteiger partial charge in [-0.25, -0.2) is 4.98 Å². The Kier molecular flexibility index (Phi) is 4.15. The second kappa shape index (κ2) is 6.47. The molecule has 0 unspecified atom stereocenters. The third-order valence-electron chi connectivity index (χ3n) is 5.53. The minimum absolute atomic E-state index is 0.171. The fourth-order valence-corrected chi connectivity index (χ4v) is 3.68. The van der Waals surface area contributed by atoms with Crippen molar-refractivity contribution in [3.8, 4) is 0 Å². The standard InChI is InChI=1S/C20H24N4O/c1-14-3-4-16(11-15(14)2)17-12-18(17)20(25)24-9-7-23(8-10-24)19-13-21-5-6-22-19/h3-6,11,13,17-18H,7-10,12H2,1-2H3/t17-,18-/m1/s1. The number of nitrogens with zero attached hydrogens (tertiary/aromatic N) is 4. The molecular weight excluding hydrogens is 312 g/mol. The zero-order chi connectivity index (χ0) is 17.4. The van der Waals surface area contributed by atoms with Crippen molar-refractivity contribution in [2.75, 3.05) is 31.1 Å². The Labute approximate surface area is 148 Å². The number of hydrogen-bond acceptors (Lipinski definition) is 4. The van der Waals surface area contributed by atoms with Crippen LogP contribution in [-0.4, -0.2) is 47.0 Å². The van der Waals surface area contributed by atoms with Crippen LogP contribution < -0.4 is 4.90 Å². The summed E-state index contributed by atoms with van der Waals surface area (Å²) in [6.45, 7) is 7.46. The van der Waals surface area contributed by atoms with Crippen LogP contribution in [-0.2, 0) is 4.79 Å². The van der Waals surface area contributed by atoms with Crippen LogP contribution in [0.1, 0.15) is 29.0 Å². The second-order valence-electron chi connectivity index (χ2n) is 7.17. The van der Waals surface area contributed by atoms with Crippen molar-refractivity contribution in [2.45, 2.75) is 26.2 Å². The van der Waals surface area contributed by atoms with Crippen LogP contribution in [0, 0.1) is 19.8 Å². The molecule has 1 aromatic heterocycles. The van der Waals surface area contributed by atoms with E-state index in [1.165, 1.54) is 16.7 Å². The molecule has 0 radical (unpaired) electrons. The van der Waals surface area contributed by atoms with E-state index < -0.39 is 0 Å². The van der Waals surface area contributed by atoms with E-state index in [2.05, 4.69) is 46.9 Å². The maximum Gasteiger partial charge on any atom is 0.226 e. The maximum atomic E-state index is 12.8. The van der Waals surface area contributed by atoms with Gasteiger partial charge in [0.05, 0.1) is 6.20 Å². The van der Waals surface area contributed by atoms with E-state index in [-0.39, 0.29) is 5.92 Å². The van der Waals surface area contributed by atoms with Gasteiger partial charge < -0.3 is 9.80 Å². The van der Waals surface area contributed by atoms with Crippen LogP contribution in [0.25, 0.3) is 0 Å². The first-order valence-corrected chi connectivity index (χ1v) is 9.00. The molecule has 1 amide bonds. The number of rotatable bonds is 3. The number of piperazine rings is 1. The molecule has 0 spiro atoms. The molecule has 2 fully saturated rings. The molecule has 0 bridgehead atoms. The highest BCUT2D eigenvalue weighted by Crippen LogP contribution is 2.48. The number of hydrogen-bond donors (Lipinski definition) is 0. The van der Waals surface area contributed by atoms with Gasteiger partial charge in [0.2, 0.25) is 5.91 Å². The molecule has 25 heavy (non-hydrogen) atoms. The quantitative estimate of drug-likeness (QED) is 0.864. The number of carbonyl (C=O) groups excluding carboxylic acids is 1. The summed E-state index contributed by atoms with van der Waals surface area (Å²) in [6, 6.07) is 6.61. The van der Waals surface area contributed by atoms with Crippen LogP contribution in [0.4, 0.5) is 5.82 Å². The summed E-state index contributed by atoms with van der Waals surface area (Å²) in [4.78, 5) is 25.5. The lowest BCUT2D eigenvalue weighted by Crippen LogP contribution is -2.49. The van der Waals surface area contributed by atoms with E-state index in [0.717, 1.165) is 38.4 Å². The molecule has 2 aromatic rings. The summed E-state index contributed by atoms with van der Waals surface area (Å²) in [5, 5.41) is 0. The molecule has 5 heteroatoms. The minimum Gasteiger partial charge on any atom is -0.352 e. The zero-order valence-electron chi connectivity index (χ0n) is 14.9. The van der Waals surface area contributed by atoms with Gasteiger partial charge in [-0.05, 0) is 42.9 Å². The van der Waals surface area contributed by atoms with Crippen LogP contribution in [0.3, 0.4) is 0 Å². The van der Waals surface area contributed by atoms with Gasteiger partial charge in [0.25, 0.3) is 0 Å². The maximum absolute atomic E-state index is 12.8. The molecule has 1 aliphatic carbocycles. The average Bonchev–Trinajstić information content (AvgIpc) is 3.45. The summed E-state index contributed by atoms with van der Waals surface area (Å²) in [7, 11) is 0. The molecule has 1 aromatic carbocycles. The van der Waals surface area contributed by atoms with Crippen LogP contribution >= 0.6 is 0 Å². The normalized spacial score (nSPS) is 22.8. The smallest absolute Gasteiger partial charge is 0.226 e. The lowest BCUT2D eigenvalue weighted by Gasteiger charge is -2.35. The number of aromatic nitrogens is 2. The number of aryl methyl sites for hydroxylation is 2. The first kappa shape index (κ1) is 16.1. The number of anilines is 1. The van der Waals surface area contributed by atoms with E-state index in [9.17, 15) is 4.79 Å². The minimum atomic E-state index is 0.171. The predicted octanol–water partition coefficient (Wildman–Crippen LogP) is 2.55. The van der Waals surface area contributed by atoms with Crippen molar-refractivity contribution in [2.24, 2.45) is 5.92 Å². The zero-order valence-corrected chi connectivity index (χ0v) is 14.9. The lowest BCUT2D eigenvalue weighted by molar-refractivity contribution is -0.133. The van der Waals surface area contributed by atoms with E-state index in [4.69, 9.17) is 0 Å². The third-order valence-corrected chi connectivity index (χ3v) is 5.53. The molecule has 2 atom stereocenters. The fourth-order valence-electron chi connectivity index (χ4n) is 3.68. The van der Waals surface area contributed by atoms with Crippen molar-refractivity contribution in [3.05, 3.63) is 53.5 Å². The molecule has 1 aliphatic heterocycles. The Morgan fingerprint density at radius 2 is 1.88 bits per heavy atom. The topological polar surface area (TPSA) is 49.3 Å². The number of amides is 1. The summed E-state index contributed by atoms with van der Waals surface area (Å²) in [6.07, 6.45) is 6.17. The Morgan fingerprint density at radius 1 is 1.08 bits per heavy atom. The fraction of sp³-hybridized carbons (Fsp3) is 0.450. The Hall–Kier alpha value is -2.43. The Balaban J connectivity index is 1.35. The molecule has 4 rings (SSSR count). The molecular formula is C20H24N4O. The van der Waals surface area contributed by atoms with Crippen molar-refractivity contribution in [1.82, 2.24) is 14.9 Å². The van der Waals surface area contributed by atoms with Crippen molar-refractivity contribution in [1.29, 1.82) is 0 Å². The van der Waals surface area contributed by atoms with Crippen LogP contribution in [0.2, 0.25) is 0 Å². The van der Waals surface area contributed by atoms with Gasteiger partial charge in [-0.1, -0.05) is 18.2 Å². The van der Waals surface area contributed by atoms with Gasteiger partial charge >= 0.3 is 0 Å². The van der Waals surface area contributed by atoms with Gasteiger partial charge in [-0.2, -0.15) is 0 Å². The van der Waals surface area contributed by atoms with E-state index in [0.29, 0.717) is 11.8 Å². The second-order valence-corrected chi connectivity index (χ2v) is 7.17. The average molecular weight is 336 g/mol. The predicted molar refractivity (Wildman–Crippen MR) is 97.6 cm³/mol. The van der Waals surface area contributed by atoms with E-state index in [1.807, 2.05) is 4.90 Å². The monoisotopic (exact) mass is 336 g/mol.